The predicted octanol–water partition coefficient (Wildman–Crippen LogP) is 1.76. The zero-order valence-corrected chi connectivity index (χ0v) is 12.8. The van der Waals surface area contributed by atoms with Crippen LogP contribution in [0.2, 0.25) is 0 Å². The highest BCUT2D eigenvalue weighted by Crippen LogP contribution is 2.32. The van der Waals surface area contributed by atoms with Gasteiger partial charge < -0.3 is 15.8 Å². The maximum Gasteiger partial charge on any atom is 0.172 e. The summed E-state index contributed by atoms with van der Waals surface area (Å²) in [5.74, 6) is 0.191. The first-order chi connectivity index (χ1) is 10.1. The molecule has 1 aromatic carbocycles. The number of likely N-dealkylation sites (N-methyl/N-ethyl adjacent to an activating group) is 1. The number of nitrogens with two attached hydrogens (primary N) is 1. The fourth-order valence-corrected chi connectivity index (χ4v) is 3.71. The lowest BCUT2D eigenvalue weighted by Gasteiger charge is -2.29. The quantitative estimate of drug-likeness (QED) is 0.377. The van der Waals surface area contributed by atoms with Crippen LogP contribution in [0.3, 0.4) is 0 Å². The molecule has 0 amide bonds. The van der Waals surface area contributed by atoms with E-state index in [-0.39, 0.29) is 5.84 Å². The minimum atomic E-state index is 0.191. The number of rotatable bonds is 2. The molecule has 2 aliphatic heterocycles. The Morgan fingerprint density at radius 1 is 1.29 bits per heavy atom. The van der Waals surface area contributed by atoms with Gasteiger partial charge in [0.25, 0.3) is 0 Å². The summed E-state index contributed by atoms with van der Waals surface area (Å²) in [6.07, 6.45) is 3.76. The van der Waals surface area contributed by atoms with Crippen molar-refractivity contribution in [3.63, 3.8) is 0 Å². The number of hydrogen-bond acceptors (Lipinski definition) is 4. The Labute approximate surface area is 126 Å². The van der Waals surface area contributed by atoms with Crippen LogP contribution in [-0.2, 0) is 0 Å². The average Bonchev–Trinajstić information content (AvgIpc) is 2.72. The number of amidine groups is 1. The van der Waals surface area contributed by atoms with Crippen molar-refractivity contribution in [3.05, 3.63) is 29.3 Å². The number of hydrogen-bond donors (Lipinski definition) is 2. The first-order valence-corrected chi connectivity index (χ1v) is 7.65. The highest BCUT2D eigenvalue weighted by molar-refractivity contribution is 6.02. The van der Waals surface area contributed by atoms with E-state index in [4.69, 9.17) is 10.9 Å². The molecule has 0 aliphatic carbocycles. The van der Waals surface area contributed by atoms with E-state index in [9.17, 15) is 0 Å². The number of anilines is 1. The Kier molecular flexibility index (Phi) is 3.76. The summed E-state index contributed by atoms with van der Waals surface area (Å²) in [5.41, 5.74) is 8.91. The Morgan fingerprint density at radius 3 is 2.81 bits per heavy atom. The lowest BCUT2D eigenvalue weighted by atomic mass is 10.0. The Morgan fingerprint density at radius 2 is 2.05 bits per heavy atom. The number of nitrogens with zero attached hydrogens (tertiary/aromatic N) is 3. The second kappa shape index (κ2) is 5.56. The van der Waals surface area contributed by atoms with Gasteiger partial charge in [-0.3, -0.25) is 4.90 Å². The highest BCUT2D eigenvalue weighted by Gasteiger charge is 2.35. The van der Waals surface area contributed by atoms with Crippen LogP contribution in [0, 0.1) is 6.92 Å². The molecule has 2 fully saturated rings. The fraction of sp³-hybridized carbons (Fsp3) is 0.562. The third-order valence-corrected chi connectivity index (χ3v) is 5.02. The van der Waals surface area contributed by atoms with Crippen molar-refractivity contribution in [2.75, 3.05) is 25.0 Å². The van der Waals surface area contributed by atoms with E-state index in [0.29, 0.717) is 12.1 Å². The molecule has 114 valence electrons. The summed E-state index contributed by atoms with van der Waals surface area (Å²) < 4.78 is 0. The van der Waals surface area contributed by atoms with Crippen molar-refractivity contribution >= 4 is 11.5 Å². The smallest absolute Gasteiger partial charge is 0.172 e. The first-order valence-electron chi connectivity index (χ1n) is 7.65. The molecular formula is C16H24N4O. The Bertz CT molecular complexity index is 557. The average molecular weight is 288 g/mol. The molecule has 2 aliphatic rings. The van der Waals surface area contributed by atoms with Gasteiger partial charge in [-0.05, 0) is 45.4 Å². The predicted molar refractivity (Wildman–Crippen MR) is 85.1 cm³/mol. The van der Waals surface area contributed by atoms with Gasteiger partial charge in [0.05, 0.1) is 0 Å². The summed E-state index contributed by atoms with van der Waals surface area (Å²) >= 11 is 0. The van der Waals surface area contributed by atoms with Gasteiger partial charge >= 0.3 is 0 Å². The topological polar surface area (TPSA) is 65.1 Å². The van der Waals surface area contributed by atoms with Gasteiger partial charge in [0, 0.05) is 36.4 Å². The number of oxime groups is 1. The molecule has 2 saturated heterocycles. The first kappa shape index (κ1) is 14.2. The van der Waals surface area contributed by atoms with Crippen LogP contribution in [0.25, 0.3) is 0 Å². The highest BCUT2D eigenvalue weighted by atomic mass is 16.4. The van der Waals surface area contributed by atoms with E-state index >= 15 is 0 Å². The van der Waals surface area contributed by atoms with Crippen LogP contribution in [0.5, 0.6) is 0 Å². The lowest BCUT2D eigenvalue weighted by molar-refractivity contribution is 0.254. The van der Waals surface area contributed by atoms with Gasteiger partial charge in [-0.2, -0.15) is 0 Å². The fourth-order valence-electron chi connectivity index (χ4n) is 3.71. The van der Waals surface area contributed by atoms with Crippen molar-refractivity contribution in [3.8, 4) is 0 Å². The number of benzene rings is 1. The van der Waals surface area contributed by atoms with Crippen molar-refractivity contribution in [1.29, 1.82) is 0 Å². The van der Waals surface area contributed by atoms with Crippen molar-refractivity contribution in [1.82, 2.24) is 4.90 Å². The maximum atomic E-state index is 9.04. The molecule has 2 unspecified atom stereocenters. The largest absolute Gasteiger partial charge is 0.409 e. The van der Waals surface area contributed by atoms with Gasteiger partial charge in [0.2, 0.25) is 0 Å². The van der Waals surface area contributed by atoms with Crippen LogP contribution >= 0.6 is 0 Å². The molecule has 5 heteroatoms. The van der Waals surface area contributed by atoms with Crippen LogP contribution in [0.1, 0.15) is 30.4 Å². The molecule has 2 atom stereocenters. The minimum absolute atomic E-state index is 0.191. The van der Waals surface area contributed by atoms with Gasteiger partial charge in [-0.1, -0.05) is 16.8 Å². The van der Waals surface area contributed by atoms with Crippen molar-refractivity contribution in [2.45, 2.75) is 38.3 Å². The third-order valence-electron chi connectivity index (χ3n) is 5.02. The van der Waals surface area contributed by atoms with E-state index in [1.165, 1.54) is 19.3 Å². The molecule has 2 bridgehead atoms. The normalized spacial score (nSPS) is 27.0. The van der Waals surface area contributed by atoms with Crippen LogP contribution in [0.15, 0.2) is 23.4 Å². The Hall–Kier alpha value is -1.75. The second-order valence-electron chi connectivity index (χ2n) is 6.29. The summed E-state index contributed by atoms with van der Waals surface area (Å²) in [6.45, 7) is 4.07. The van der Waals surface area contributed by atoms with Gasteiger partial charge in [-0.15, -0.1) is 0 Å². The molecule has 1 aromatic rings. The molecule has 2 heterocycles. The second-order valence-corrected chi connectivity index (χ2v) is 6.29. The van der Waals surface area contributed by atoms with Crippen molar-refractivity contribution < 1.29 is 5.21 Å². The minimum Gasteiger partial charge on any atom is -0.409 e. The zero-order valence-electron chi connectivity index (χ0n) is 12.8. The molecular weight excluding hydrogens is 264 g/mol. The van der Waals surface area contributed by atoms with Gasteiger partial charge in [-0.25, -0.2) is 0 Å². The monoisotopic (exact) mass is 288 g/mol. The van der Waals surface area contributed by atoms with E-state index in [2.05, 4.69) is 34.1 Å². The molecule has 21 heavy (non-hydrogen) atoms. The molecule has 0 radical (unpaired) electrons. The maximum absolute atomic E-state index is 9.04. The number of aryl methyl sites for hydroxylation is 1. The van der Waals surface area contributed by atoms with Gasteiger partial charge in [0.1, 0.15) is 0 Å². The molecule has 3 rings (SSSR count). The van der Waals surface area contributed by atoms with Crippen LogP contribution in [-0.4, -0.2) is 48.2 Å². The SMILES string of the molecule is Cc1ccc(N2CCC3CCC(C2)N3C)c(/C(N)=N/O)c1. The summed E-state index contributed by atoms with van der Waals surface area (Å²) in [4.78, 5) is 4.92. The third kappa shape index (κ3) is 2.58. The molecule has 5 nitrogen and oxygen atoms in total. The number of fused-ring (bicyclic) bond motifs is 2. The molecule has 3 N–H and O–H groups in total. The van der Waals surface area contributed by atoms with E-state index in [1.807, 2.05) is 13.0 Å². The van der Waals surface area contributed by atoms with E-state index < -0.39 is 0 Å². The summed E-state index contributed by atoms with van der Waals surface area (Å²) in [6, 6.07) is 7.51. The van der Waals surface area contributed by atoms with E-state index in [0.717, 1.165) is 29.9 Å². The van der Waals surface area contributed by atoms with Crippen LogP contribution < -0.4 is 10.6 Å². The standard InChI is InChI=1S/C16H24N4O/c1-11-3-6-15(14(9-11)16(17)18-21)20-8-7-12-4-5-13(10-20)19(12)2/h3,6,9,12-13,21H,4-5,7-8,10H2,1-2H3,(H2,17,18). The summed E-state index contributed by atoms with van der Waals surface area (Å²) in [7, 11) is 2.24. The van der Waals surface area contributed by atoms with Gasteiger partial charge in [0.15, 0.2) is 5.84 Å². The molecule has 0 spiro atoms. The summed E-state index contributed by atoms with van der Waals surface area (Å²) in [5, 5.41) is 12.2. The Balaban J connectivity index is 1.93. The van der Waals surface area contributed by atoms with E-state index in [1.54, 1.807) is 0 Å². The molecule has 0 aromatic heterocycles. The van der Waals surface area contributed by atoms with Crippen molar-refractivity contribution in [2.24, 2.45) is 10.9 Å². The lowest BCUT2D eigenvalue weighted by Crippen LogP contribution is -2.37. The molecule has 0 saturated carbocycles. The zero-order chi connectivity index (χ0) is 15.0. The van der Waals surface area contributed by atoms with Crippen LogP contribution in [0.4, 0.5) is 5.69 Å².